The van der Waals surface area contributed by atoms with Gasteiger partial charge in [0, 0.05) is 12.0 Å². The zero-order chi connectivity index (χ0) is 10.1. The lowest BCUT2D eigenvalue weighted by atomic mass is 9.95. The first kappa shape index (κ1) is 10.0. The molecule has 4 nitrogen and oxygen atoms in total. The van der Waals surface area contributed by atoms with E-state index >= 15 is 0 Å². The van der Waals surface area contributed by atoms with Gasteiger partial charge in [-0.1, -0.05) is 20.8 Å². The summed E-state index contributed by atoms with van der Waals surface area (Å²) in [5, 5.41) is 5.39. The van der Waals surface area contributed by atoms with E-state index in [4.69, 9.17) is 0 Å². The summed E-state index contributed by atoms with van der Waals surface area (Å²) in [6.07, 6.45) is 0.695. The van der Waals surface area contributed by atoms with Crippen molar-refractivity contribution >= 4 is 11.8 Å². The first-order chi connectivity index (χ1) is 5.91. The molecule has 0 radical (unpaired) electrons. The van der Waals surface area contributed by atoms with Gasteiger partial charge in [0.25, 0.3) is 0 Å². The minimum Gasteiger partial charge on any atom is -0.354 e. The molecule has 1 aliphatic heterocycles. The predicted molar refractivity (Wildman–Crippen MR) is 49.0 cm³/mol. The van der Waals surface area contributed by atoms with Crippen LogP contribution in [0.3, 0.4) is 0 Å². The van der Waals surface area contributed by atoms with E-state index < -0.39 is 5.41 Å². The van der Waals surface area contributed by atoms with Crippen LogP contribution in [0, 0.1) is 5.41 Å². The fraction of sp³-hybridized carbons (Fsp3) is 0.778. The molecule has 2 amide bonds. The summed E-state index contributed by atoms with van der Waals surface area (Å²) >= 11 is 0. The van der Waals surface area contributed by atoms with Crippen LogP contribution < -0.4 is 10.6 Å². The average Bonchev–Trinajstić information content (AvgIpc) is 2.34. The van der Waals surface area contributed by atoms with Crippen LogP contribution in [0.15, 0.2) is 0 Å². The molecule has 1 unspecified atom stereocenters. The Balaban J connectivity index is 2.49. The second-order valence-corrected chi connectivity index (χ2v) is 4.36. The van der Waals surface area contributed by atoms with E-state index in [1.165, 1.54) is 0 Å². The highest BCUT2D eigenvalue weighted by atomic mass is 16.2. The van der Waals surface area contributed by atoms with E-state index in [0.29, 0.717) is 13.0 Å². The van der Waals surface area contributed by atoms with E-state index in [2.05, 4.69) is 10.6 Å². The van der Waals surface area contributed by atoms with Gasteiger partial charge in [-0.05, 0) is 6.42 Å². The molecule has 1 aliphatic rings. The average molecular weight is 184 g/mol. The number of rotatable bonds is 1. The summed E-state index contributed by atoms with van der Waals surface area (Å²) in [4.78, 5) is 22.6. The monoisotopic (exact) mass is 184 g/mol. The molecule has 74 valence electrons. The van der Waals surface area contributed by atoms with Crippen molar-refractivity contribution in [2.24, 2.45) is 5.41 Å². The zero-order valence-corrected chi connectivity index (χ0v) is 8.31. The molecule has 2 N–H and O–H groups in total. The molecule has 0 saturated carbocycles. The van der Waals surface area contributed by atoms with Crippen molar-refractivity contribution in [3.63, 3.8) is 0 Å². The van der Waals surface area contributed by atoms with Crippen LogP contribution in [-0.4, -0.2) is 24.4 Å². The molecule has 0 aliphatic carbocycles. The van der Waals surface area contributed by atoms with Gasteiger partial charge in [0.2, 0.25) is 11.8 Å². The van der Waals surface area contributed by atoms with Gasteiger partial charge in [0.15, 0.2) is 0 Å². The van der Waals surface area contributed by atoms with Gasteiger partial charge in [-0.3, -0.25) is 9.59 Å². The second-order valence-electron chi connectivity index (χ2n) is 4.36. The van der Waals surface area contributed by atoms with Crippen LogP contribution in [0.25, 0.3) is 0 Å². The fourth-order valence-corrected chi connectivity index (χ4v) is 1.11. The van der Waals surface area contributed by atoms with Crippen molar-refractivity contribution in [2.45, 2.75) is 33.2 Å². The highest BCUT2D eigenvalue weighted by Gasteiger charge is 2.29. The Morgan fingerprint density at radius 1 is 1.54 bits per heavy atom. The third-order valence-electron chi connectivity index (χ3n) is 2.04. The summed E-state index contributed by atoms with van der Waals surface area (Å²) in [5.41, 5.74) is -0.428. The maximum absolute atomic E-state index is 11.5. The molecule has 1 rings (SSSR count). The smallest absolute Gasteiger partial charge is 0.242 e. The highest BCUT2D eigenvalue weighted by molar-refractivity contribution is 5.90. The fourth-order valence-electron chi connectivity index (χ4n) is 1.11. The van der Waals surface area contributed by atoms with Crippen molar-refractivity contribution in [2.75, 3.05) is 6.54 Å². The van der Waals surface area contributed by atoms with Gasteiger partial charge in [0.1, 0.15) is 6.04 Å². The lowest BCUT2D eigenvalue weighted by molar-refractivity contribution is -0.132. The highest BCUT2D eigenvalue weighted by Crippen LogP contribution is 2.13. The number of nitrogens with one attached hydrogen (secondary N) is 2. The number of amides is 2. The van der Waals surface area contributed by atoms with Crippen LogP contribution in [0.2, 0.25) is 0 Å². The van der Waals surface area contributed by atoms with Gasteiger partial charge in [-0.2, -0.15) is 0 Å². The number of hydrogen-bond acceptors (Lipinski definition) is 2. The van der Waals surface area contributed by atoms with Crippen molar-refractivity contribution < 1.29 is 9.59 Å². The normalized spacial score (nSPS) is 22.7. The Kier molecular flexibility index (Phi) is 2.59. The maximum Gasteiger partial charge on any atom is 0.242 e. The van der Waals surface area contributed by atoms with E-state index in [1.807, 2.05) is 20.8 Å². The van der Waals surface area contributed by atoms with Gasteiger partial charge in [-0.15, -0.1) is 0 Å². The van der Waals surface area contributed by atoms with E-state index in [9.17, 15) is 9.59 Å². The molecule has 4 heteroatoms. The quantitative estimate of drug-likeness (QED) is 0.604. The van der Waals surface area contributed by atoms with Crippen molar-refractivity contribution in [1.82, 2.24) is 10.6 Å². The minimum atomic E-state index is -0.428. The Hall–Kier alpha value is -1.06. The largest absolute Gasteiger partial charge is 0.354 e. The maximum atomic E-state index is 11.5. The van der Waals surface area contributed by atoms with Gasteiger partial charge in [0.05, 0.1) is 0 Å². The van der Waals surface area contributed by atoms with Gasteiger partial charge >= 0.3 is 0 Å². The number of carbonyl (C=O) groups excluding carboxylic acids is 2. The van der Waals surface area contributed by atoms with E-state index in [-0.39, 0.29) is 17.9 Å². The molecular weight excluding hydrogens is 168 g/mol. The summed E-state index contributed by atoms with van der Waals surface area (Å²) < 4.78 is 0. The Morgan fingerprint density at radius 2 is 2.15 bits per heavy atom. The van der Waals surface area contributed by atoms with Crippen molar-refractivity contribution in [1.29, 1.82) is 0 Å². The van der Waals surface area contributed by atoms with Crippen LogP contribution in [0.5, 0.6) is 0 Å². The van der Waals surface area contributed by atoms with Crippen molar-refractivity contribution in [3.8, 4) is 0 Å². The molecule has 13 heavy (non-hydrogen) atoms. The number of hydrogen-bond donors (Lipinski definition) is 2. The lowest BCUT2D eigenvalue weighted by Gasteiger charge is -2.19. The third kappa shape index (κ3) is 2.44. The van der Waals surface area contributed by atoms with E-state index in [0.717, 1.165) is 0 Å². The van der Waals surface area contributed by atoms with Crippen LogP contribution in [0.4, 0.5) is 0 Å². The lowest BCUT2D eigenvalue weighted by Crippen LogP contribution is -2.45. The van der Waals surface area contributed by atoms with Crippen LogP contribution in [0.1, 0.15) is 27.2 Å². The molecule has 0 spiro atoms. The van der Waals surface area contributed by atoms with E-state index in [1.54, 1.807) is 0 Å². The Labute approximate surface area is 78.1 Å². The standard InChI is InChI=1S/C9H16N2O2/c1-9(2,3)8(13)11-6-4-5-10-7(6)12/h6H,4-5H2,1-3H3,(H,10,12)(H,11,13). The summed E-state index contributed by atoms with van der Waals surface area (Å²) in [6.45, 7) is 6.15. The number of carbonyl (C=O) groups is 2. The molecule has 0 aromatic carbocycles. The summed E-state index contributed by atoms with van der Waals surface area (Å²) in [5.74, 6) is -0.146. The van der Waals surface area contributed by atoms with Crippen molar-refractivity contribution in [3.05, 3.63) is 0 Å². The predicted octanol–water partition coefficient (Wildman–Crippen LogP) is 0.0372. The summed E-state index contributed by atoms with van der Waals surface area (Å²) in [6, 6.07) is -0.327. The van der Waals surface area contributed by atoms with Crippen LogP contribution in [-0.2, 0) is 9.59 Å². The van der Waals surface area contributed by atoms with Gasteiger partial charge in [-0.25, -0.2) is 0 Å². The second kappa shape index (κ2) is 3.36. The zero-order valence-electron chi connectivity index (χ0n) is 8.31. The topological polar surface area (TPSA) is 58.2 Å². The molecule has 1 fully saturated rings. The Bertz CT molecular complexity index is 230. The molecule has 0 aromatic rings. The molecule has 0 bridgehead atoms. The first-order valence-corrected chi connectivity index (χ1v) is 4.50. The SMILES string of the molecule is CC(C)(C)C(=O)NC1CCNC1=O. The molecule has 1 heterocycles. The molecule has 1 atom stereocenters. The Morgan fingerprint density at radius 3 is 2.54 bits per heavy atom. The van der Waals surface area contributed by atoms with Gasteiger partial charge < -0.3 is 10.6 Å². The third-order valence-corrected chi connectivity index (χ3v) is 2.04. The minimum absolute atomic E-state index is 0.0717. The molecule has 0 aromatic heterocycles. The van der Waals surface area contributed by atoms with Crippen LogP contribution >= 0.6 is 0 Å². The molecular formula is C9H16N2O2. The first-order valence-electron chi connectivity index (χ1n) is 4.50. The molecule has 1 saturated heterocycles. The summed E-state index contributed by atoms with van der Waals surface area (Å²) in [7, 11) is 0.